The highest BCUT2D eigenvalue weighted by Gasteiger charge is 2.30. The van der Waals surface area contributed by atoms with E-state index in [1.165, 1.54) is 6.26 Å². The summed E-state index contributed by atoms with van der Waals surface area (Å²) in [6, 6.07) is 3.62. The van der Waals surface area contributed by atoms with Gasteiger partial charge in [-0.25, -0.2) is 4.79 Å². The molecule has 0 spiro atoms. The van der Waals surface area contributed by atoms with Crippen LogP contribution in [0.1, 0.15) is 17.0 Å². The van der Waals surface area contributed by atoms with Gasteiger partial charge in [-0.05, 0) is 18.6 Å². The maximum Gasteiger partial charge on any atom is 0.317 e. The Bertz CT molecular complexity index is 542. The van der Waals surface area contributed by atoms with Crippen molar-refractivity contribution in [3.63, 3.8) is 0 Å². The van der Waals surface area contributed by atoms with E-state index < -0.39 is 0 Å². The number of furan rings is 1. The largest absolute Gasteiger partial charge is 0.459 e. The van der Waals surface area contributed by atoms with Crippen molar-refractivity contribution in [2.45, 2.75) is 12.5 Å². The molecule has 2 N–H and O–H groups in total. The molecule has 0 saturated carbocycles. The van der Waals surface area contributed by atoms with Gasteiger partial charge in [0.25, 0.3) is 5.91 Å². The van der Waals surface area contributed by atoms with Gasteiger partial charge in [-0.15, -0.1) is 0 Å². The van der Waals surface area contributed by atoms with Crippen molar-refractivity contribution in [1.29, 1.82) is 0 Å². The van der Waals surface area contributed by atoms with Crippen LogP contribution in [0.15, 0.2) is 22.8 Å². The molecule has 2 aliphatic heterocycles. The zero-order valence-corrected chi connectivity index (χ0v) is 13.7. The van der Waals surface area contributed by atoms with Crippen LogP contribution < -0.4 is 10.6 Å². The van der Waals surface area contributed by atoms with E-state index >= 15 is 0 Å². The van der Waals surface area contributed by atoms with Gasteiger partial charge in [0.2, 0.25) is 0 Å². The van der Waals surface area contributed by atoms with Gasteiger partial charge in [-0.1, -0.05) is 0 Å². The maximum atomic E-state index is 12.2. The fourth-order valence-electron chi connectivity index (χ4n) is 3.12. The Kier molecular flexibility index (Phi) is 5.71. The number of urea groups is 1. The van der Waals surface area contributed by atoms with Crippen molar-refractivity contribution >= 4 is 11.9 Å². The Balaban J connectivity index is 1.33. The second-order valence-corrected chi connectivity index (χ2v) is 6.00. The summed E-state index contributed by atoms with van der Waals surface area (Å²) in [6.07, 6.45) is 2.46. The van der Waals surface area contributed by atoms with E-state index in [0.29, 0.717) is 19.1 Å². The predicted molar refractivity (Wildman–Crippen MR) is 86.8 cm³/mol. The third kappa shape index (κ3) is 4.27. The lowest BCUT2D eigenvalue weighted by atomic mass is 10.2. The van der Waals surface area contributed by atoms with Crippen LogP contribution in [-0.2, 0) is 4.74 Å². The standard InChI is InChI=1S/C16H24N4O4/c21-15(14-2-1-9-24-14)17-4-5-18-16(22)20-6-3-13(12-20)19-7-10-23-11-8-19/h1-2,9,13H,3-8,10-12H2,(H,17,21)(H,18,22)/t13-/m0/s1. The first kappa shape index (κ1) is 16.8. The number of rotatable bonds is 5. The van der Waals surface area contributed by atoms with Gasteiger partial charge in [0.1, 0.15) is 0 Å². The molecule has 0 aliphatic carbocycles. The summed E-state index contributed by atoms with van der Waals surface area (Å²) >= 11 is 0. The number of likely N-dealkylation sites (tertiary alicyclic amines) is 1. The number of nitrogens with one attached hydrogen (secondary N) is 2. The zero-order valence-electron chi connectivity index (χ0n) is 13.7. The normalized spacial score (nSPS) is 21.7. The Morgan fingerprint density at radius 1 is 1.17 bits per heavy atom. The fraction of sp³-hybridized carbons (Fsp3) is 0.625. The molecule has 0 aromatic carbocycles. The van der Waals surface area contributed by atoms with Crippen molar-refractivity contribution in [3.8, 4) is 0 Å². The SMILES string of the molecule is O=C(NCCNC(=O)N1CC[C@H](N2CCOCC2)C1)c1ccco1. The van der Waals surface area contributed by atoms with Gasteiger partial charge in [-0.3, -0.25) is 9.69 Å². The molecule has 132 valence electrons. The van der Waals surface area contributed by atoms with E-state index in [-0.39, 0.29) is 17.7 Å². The van der Waals surface area contributed by atoms with Gasteiger partial charge in [0.05, 0.1) is 19.5 Å². The van der Waals surface area contributed by atoms with Gasteiger partial charge < -0.3 is 24.7 Å². The number of carbonyl (C=O) groups is 2. The number of amides is 3. The van der Waals surface area contributed by atoms with E-state index in [1.807, 2.05) is 4.90 Å². The zero-order chi connectivity index (χ0) is 16.8. The lowest BCUT2D eigenvalue weighted by molar-refractivity contribution is 0.0191. The van der Waals surface area contributed by atoms with E-state index in [1.54, 1.807) is 12.1 Å². The average molecular weight is 336 g/mol. The summed E-state index contributed by atoms with van der Waals surface area (Å²) in [4.78, 5) is 28.1. The Morgan fingerprint density at radius 3 is 2.71 bits per heavy atom. The average Bonchev–Trinajstić information content (AvgIpc) is 3.31. The summed E-state index contributed by atoms with van der Waals surface area (Å²) in [5, 5.41) is 5.55. The highest BCUT2D eigenvalue weighted by Crippen LogP contribution is 2.16. The van der Waals surface area contributed by atoms with Crippen LogP contribution in [0.25, 0.3) is 0 Å². The minimum Gasteiger partial charge on any atom is -0.459 e. The molecule has 0 bridgehead atoms. The molecule has 1 aromatic heterocycles. The molecule has 3 heterocycles. The van der Waals surface area contributed by atoms with Crippen molar-refractivity contribution in [1.82, 2.24) is 20.4 Å². The summed E-state index contributed by atoms with van der Waals surface area (Å²) in [5.41, 5.74) is 0. The Labute approximate surface area is 141 Å². The molecule has 2 saturated heterocycles. The quantitative estimate of drug-likeness (QED) is 0.746. The van der Waals surface area contributed by atoms with Crippen LogP contribution in [0, 0.1) is 0 Å². The van der Waals surface area contributed by atoms with E-state index in [2.05, 4.69) is 15.5 Å². The first-order valence-corrected chi connectivity index (χ1v) is 8.40. The van der Waals surface area contributed by atoms with Crippen LogP contribution in [0.3, 0.4) is 0 Å². The monoisotopic (exact) mass is 336 g/mol. The molecular formula is C16H24N4O4. The van der Waals surface area contributed by atoms with Crippen molar-refractivity contribution in [2.24, 2.45) is 0 Å². The summed E-state index contributed by atoms with van der Waals surface area (Å²) in [5.74, 6) is -0.00275. The molecule has 24 heavy (non-hydrogen) atoms. The van der Waals surface area contributed by atoms with Crippen molar-refractivity contribution in [3.05, 3.63) is 24.2 Å². The molecule has 0 radical (unpaired) electrons. The second kappa shape index (κ2) is 8.16. The number of morpholine rings is 1. The molecule has 1 aromatic rings. The van der Waals surface area contributed by atoms with Crippen molar-refractivity contribution in [2.75, 3.05) is 52.5 Å². The molecule has 1 atom stereocenters. The second-order valence-electron chi connectivity index (χ2n) is 6.00. The molecule has 3 rings (SSSR count). The molecular weight excluding hydrogens is 312 g/mol. The minimum absolute atomic E-state index is 0.0713. The maximum absolute atomic E-state index is 12.2. The van der Waals surface area contributed by atoms with Crippen LogP contribution in [0.2, 0.25) is 0 Å². The highest BCUT2D eigenvalue weighted by molar-refractivity contribution is 5.91. The van der Waals surface area contributed by atoms with Crippen LogP contribution in [0.5, 0.6) is 0 Å². The van der Waals surface area contributed by atoms with E-state index in [9.17, 15) is 9.59 Å². The van der Waals surface area contributed by atoms with Crippen molar-refractivity contribution < 1.29 is 18.7 Å². The molecule has 8 nitrogen and oxygen atoms in total. The molecule has 3 amide bonds. The smallest absolute Gasteiger partial charge is 0.317 e. The van der Waals surface area contributed by atoms with Gasteiger partial charge in [0, 0.05) is 45.3 Å². The number of hydrogen-bond acceptors (Lipinski definition) is 5. The van der Waals surface area contributed by atoms with Gasteiger partial charge in [-0.2, -0.15) is 0 Å². The molecule has 8 heteroatoms. The predicted octanol–water partition coefficient (Wildman–Crippen LogP) is 0.126. The first-order valence-electron chi connectivity index (χ1n) is 8.40. The lowest BCUT2D eigenvalue weighted by Crippen LogP contribution is -2.47. The van der Waals surface area contributed by atoms with Crippen LogP contribution in [0.4, 0.5) is 4.79 Å². The number of nitrogens with zero attached hydrogens (tertiary/aromatic N) is 2. The van der Waals surface area contributed by atoms with Gasteiger partial charge in [0.15, 0.2) is 5.76 Å². The van der Waals surface area contributed by atoms with Crippen LogP contribution >= 0.6 is 0 Å². The summed E-state index contributed by atoms with van der Waals surface area (Å²) < 4.78 is 10.4. The Hall–Kier alpha value is -2.06. The fourth-order valence-corrected chi connectivity index (χ4v) is 3.12. The first-order chi connectivity index (χ1) is 11.7. The number of carbonyl (C=O) groups excluding carboxylic acids is 2. The topological polar surface area (TPSA) is 87.1 Å². The van der Waals surface area contributed by atoms with Gasteiger partial charge >= 0.3 is 6.03 Å². The summed E-state index contributed by atoms with van der Waals surface area (Å²) in [6.45, 7) is 5.72. The third-order valence-electron chi connectivity index (χ3n) is 4.44. The highest BCUT2D eigenvalue weighted by atomic mass is 16.5. The van der Waals surface area contributed by atoms with Crippen LogP contribution in [-0.4, -0.2) is 80.3 Å². The lowest BCUT2D eigenvalue weighted by Gasteiger charge is -2.32. The van der Waals surface area contributed by atoms with E-state index in [0.717, 1.165) is 45.8 Å². The number of ether oxygens (including phenoxy) is 1. The minimum atomic E-state index is -0.275. The molecule has 2 aliphatic rings. The molecule has 2 fully saturated rings. The summed E-state index contributed by atoms with van der Waals surface area (Å²) in [7, 11) is 0. The Morgan fingerprint density at radius 2 is 1.96 bits per heavy atom. The van der Waals surface area contributed by atoms with E-state index in [4.69, 9.17) is 9.15 Å². The molecule has 0 unspecified atom stereocenters. The number of hydrogen-bond donors (Lipinski definition) is 2. The third-order valence-corrected chi connectivity index (χ3v) is 4.44.